The summed E-state index contributed by atoms with van der Waals surface area (Å²) in [7, 11) is 3.14. The average molecular weight is 304 g/mol. The van der Waals surface area contributed by atoms with Crippen LogP contribution in [0, 0.1) is 0 Å². The van der Waals surface area contributed by atoms with Gasteiger partial charge in [-0.3, -0.25) is 5.73 Å². The van der Waals surface area contributed by atoms with Gasteiger partial charge in [-0.05, 0) is 12.1 Å². The number of halogens is 1. The number of rotatable bonds is 3. The fourth-order valence-corrected chi connectivity index (χ4v) is 2.30. The number of methoxy groups -OCH3 is 2. The Balaban J connectivity index is 2.47. The van der Waals surface area contributed by atoms with E-state index in [-0.39, 0.29) is 0 Å². The third-order valence-electron chi connectivity index (χ3n) is 2.56. The van der Waals surface area contributed by atoms with Gasteiger partial charge in [0.05, 0.1) is 27.4 Å². The summed E-state index contributed by atoms with van der Waals surface area (Å²) in [6.45, 7) is 0.939. The fourth-order valence-electron chi connectivity index (χ4n) is 1.70. The zero-order valence-corrected chi connectivity index (χ0v) is 11.2. The molecule has 6 heteroatoms. The Morgan fingerprint density at radius 1 is 1.18 bits per heavy atom. The molecule has 1 aromatic carbocycles. The van der Waals surface area contributed by atoms with E-state index in [1.807, 2.05) is 0 Å². The summed E-state index contributed by atoms with van der Waals surface area (Å²) in [5, 5.41) is 0. The molecule has 0 atom stereocenters. The molecule has 1 saturated heterocycles. The van der Waals surface area contributed by atoms with Crippen LogP contribution < -0.4 is 15.2 Å². The molecule has 1 heterocycles. The quantitative estimate of drug-likeness (QED) is 0.918. The highest BCUT2D eigenvalue weighted by Crippen LogP contribution is 2.39. The van der Waals surface area contributed by atoms with Crippen LogP contribution in [0.1, 0.15) is 5.56 Å². The van der Waals surface area contributed by atoms with Crippen molar-refractivity contribution in [2.45, 2.75) is 5.91 Å². The number of hydrogen-bond donors (Lipinski definition) is 1. The highest BCUT2D eigenvalue weighted by atomic mass is 79.9. The van der Waals surface area contributed by atoms with Crippen molar-refractivity contribution in [2.24, 2.45) is 5.73 Å². The van der Waals surface area contributed by atoms with Crippen LogP contribution in [0.5, 0.6) is 11.5 Å². The molecule has 0 spiro atoms. The van der Waals surface area contributed by atoms with Gasteiger partial charge < -0.3 is 18.9 Å². The van der Waals surface area contributed by atoms with Crippen molar-refractivity contribution in [1.82, 2.24) is 0 Å². The third-order valence-corrected chi connectivity index (χ3v) is 3.22. The average Bonchev–Trinajstić information content (AvgIpc) is 2.76. The van der Waals surface area contributed by atoms with Crippen LogP contribution in [-0.2, 0) is 15.4 Å². The van der Waals surface area contributed by atoms with Crippen molar-refractivity contribution in [2.75, 3.05) is 27.4 Å². The van der Waals surface area contributed by atoms with Gasteiger partial charge in [0.15, 0.2) is 11.5 Å². The number of nitrogens with two attached hydrogens (primary N) is 1. The van der Waals surface area contributed by atoms with Crippen LogP contribution in [0.4, 0.5) is 0 Å². The van der Waals surface area contributed by atoms with Crippen LogP contribution in [0.15, 0.2) is 16.6 Å². The van der Waals surface area contributed by atoms with E-state index in [1.54, 1.807) is 26.4 Å². The monoisotopic (exact) mass is 303 g/mol. The predicted octanol–water partition coefficient (Wildman–Crippen LogP) is 1.58. The van der Waals surface area contributed by atoms with E-state index < -0.39 is 5.91 Å². The minimum atomic E-state index is -1.22. The van der Waals surface area contributed by atoms with Gasteiger partial charge in [-0.15, -0.1) is 0 Å². The van der Waals surface area contributed by atoms with Crippen molar-refractivity contribution < 1.29 is 18.9 Å². The van der Waals surface area contributed by atoms with Gasteiger partial charge in [0, 0.05) is 10.0 Å². The molecule has 0 amide bonds. The van der Waals surface area contributed by atoms with Crippen molar-refractivity contribution in [1.29, 1.82) is 0 Å². The smallest absolute Gasteiger partial charge is 0.254 e. The molecule has 2 rings (SSSR count). The summed E-state index contributed by atoms with van der Waals surface area (Å²) in [6, 6.07) is 3.52. The lowest BCUT2D eigenvalue weighted by molar-refractivity contribution is -0.161. The maximum atomic E-state index is 6.03. The Morgan fingerprint density at radius 2 is 1.71 bits per heavy atom. The van der Waals surface area contributed by atoms with Gasteiger partial charge >= 0.3 is 0 Å². The first-order chi connectivity index (χ1) is 8.10. The predicted molar refractivity (Wildman–Crippen MR) is 65.0 cm³/mol. The first-order valence-electron chi connectivity index (χ1n) is 5.09. The standard InChI is InChI=1S/C11H14BrNO4/c1-14-9-5-7(8(12)6-10(9)15-2)11(13)16-3-4-17-11/h5-6H,3-4,13H2,1-2H3. The van der Waals surface area contributed by atoms with E-state index in [4.69, 9.17) is 24.7 Å². The first kappa shape index (κ1) is 12.6. The molecule has 0 aromatic heterocycles. The van der Waals surface area contributed by atoms with Gasteiger partial charge in [0.2, 0.25) is 0 Å². The molecule has 94 valence electrons. The molecule has 0 bridgehead atoms. The summed E-state index contributed by atoms with van der Waals surface area (Å²) < 4.78 is 22.0. The van der Waals surface area contributed by atoms with E-state index in [1.165, 1.54) is 0 Å². The van der Waals surface area contributed by atoms with E-state index >= 15 is 0 Å². The normalized spacial score (nSPS) is 18.1. The van der Waals surface area contributed by atoms with Crippen molar-refractivity contribution in [3.8, 4) is 11.5 Å². The van der Waals surface area contributed by atoms with Crippen LogP contribution in [-0.4, -0.2) is 27.4 Å². The third kappa shape index (κ3) is 2.26. The molecule has 0 saturated carbocycles. The van der Waals surface area contributed by atoms with Gasteiger partial charge in [0.25, 0.3) is 5.91 Å². The van der Waals surface area contributed by atoms with Crippen LogP contribution in [0.25, 0.3) is 0 Å². The minimum absolute atomic E-state index is 0.470. The molecular weight excluding hydrogens is 290 g/mol. The number of ether oxygens (including phenoxy) is 4. The Labute approximate surface area is 108 Å². The van der Waals surface area contributed by atoms with E-state index in [2.05, 4.69) is 15.9 Å². The van der Waals surface area contributed by atoms with Gasteiger partial charge in [-0.2, -0.15) is 0 Å². The van der Waals surface area contributed by atoms with Crippen LogP contribution >= 0.6 is 15.9 Å². The van der Waals surface area contributed by atoms with Gasteiger partial charge in [-0.1, -0.05) is 15.9 Å². The van der Waals surface area contributed by atoms with Crippen molar-refractivity contribution in [3.63, 3.8) is 0 Å². The Bertz CT molecular complexity index is 418. The highest BCUT2D eigenvalue weighted by molar-refractivity contribution is 9.10. The molecule has 0 radical (unpaired) electrons. The van der Waals surface area contributed by atoms with E-state index in [0.29, 0.717) is 30.3 Å². The highest BCUT2D eigenvalue weighted by Gasteiger charge is 2.37. The largest absolute Gasteiger partial charge is 0.493 e. The summed E-state index contributed by atoms with van der Waals surface area (Å²) in [6.07, 6.45) is 0. The Morgan fingerprint density at radius 3 is 2.24 bits per heavy atom. The Hall–Kier alpha value is -0.820. The lowest BCUT2D eigenvalue weighted by Gasteiger charge is -2.24. The summed E-state index contributed by atoms with van der Waals surface area (Å²) in [4.78, 5) is 0. The molecule has 1 aromatic rings. The zero-order chi connectivity index (χ0) is 12.5. The minimum Gasteiger partial charge on any atom is -0.493 e. The number of hydrogen-bond acceptors (Lipinski definition) is 5. The van der Waals surface area contributed by atoms with Crippen LogP contribution in [0.2, 0.25) is 0 Å². The lowest BCUT2D eigenvalue weighted by Crippen LogP contribution is -2.38. The molecule has 2 N–H and O–H groups in total. The van der Waals surface area contributed by atoms with Crippen molar-refractivity contribution in [3.05, 3.63) is 22.2 Å². The second-order valence-electron chi connectivity index (χ2n) is 3.55. The summed E-state index contributed by atoms with van der Waals surface area (Å²) in [5.74, 6) is -0.0300. The van der Waals surface area contributed by atoms with Gasteiger partial charge in [0.1, 0.15) is 0 Å². The second-order valence-corrected chi connectivity index (χ2v) is 4.41. The maximum absolute atomic E-state index is 6.03. The first-order valence-corrected chi connectivity index (χ1v) is 5.89. The topological polar surface area (TPSA) is 62.9 Å². The second kappa shape index (κ2) is 4.81. The molecular formula is C11H14BrNO4. The van der Waals surface area contributed by atoms with Crippen LogP contribution in [0.3, 0.4) is 0 Å². The SMILES string of the molecule is COc1cc(Br)c(C2(N)OCCO2)cc1OC. The molecule has 1 aliphatic heterocycles. The molecule has 0 aliphatic carbocycles. The zero-order valence-electron chi connectivity index (χ0n) is 9.66. The molecule has 1 fully saturated rings. The summed E-state index contributed by atoms with van der Waals surface area (Å²) >= 11 is 3.42. The summed E-state index contributed by atoms with van der Waals surface area (Å²) in [5.41, 5.74) is 6.70. The lowest BCUT2D eigenvalue weighted by atomic mass is 10.1. The molecule has 0 unspecified atom stereocenters. The number of benzene rings is 1. The molecule has 17 heavy (non-hydrogen) atoms. The Kier molecular flexibility index (Phi) is 3.58. The van der Waals surface area contributed by atoms with Crippen molar-refractivity contribution >= 4 is 15.9 Å². The molecule has 1 aliphatic rings. The van der Waals surface area contributed by atoms with E-state index in [0.717, 1.165) is 4.47 Å². The molecule has 5 nitrogen and oxygen atoms in total. The fraction of sp³-hybridized carbons (Fsp3) is 0.455. The van der Waals surface area contributed by atoms with Gasteiger partial charge in [-0.25, -0.2) is 0 Å². The van der Waals surface area contributed by atoms with E-state index in [9.17, 15) is 0 Å². The maximum Gasteiger partial charge on any atom is 0.254 e.